The van der Waals surface area contributed by atoms with E-state index in [-0.39, 0.29) is 0 Å². The maximum Gasteiger partial charge on any atom is 0.0496 e. The van der Waals surface area contributed by atoms with Crippen molar-refractivity contribution >= 4 is 0 Å². The van der Waals surface area contributed by atoms with Crippen molar-refractivity contribution in [2.45, 2.75) is 25.3 Å². The van der Waals surface area contributed by atoms with E-state index in [1.54, 1.807) is 0 Å². The van der Waals surface area contributed by atoms with Crippen LogP contribution in [0.15, 0.2) is 24.6 Å². The molecule has 2 rings (SSSR count). The first kappa shape index (κ1) is 10.7. The highest BCUT2D eigenvalue weighted by Gasteiger charge is 2.25. The third-order valence-corrected chi connectivity index (χ3v) is 3.27. The highest BCUT2D eigenvalue weighted by atomic mass is 15.2. The van der Waals surface area contributed by atoms with Gasteiger partial charge in [-0.15, -0.1) is 0 Å². The van der Waals surface area contributed by atoms with Crippen molar-refractivity contribution in [3.05, 3.63) is 24.6 Å². The predicted octanol–water partition coefficient (Wildman–Crippen LogP) is 1.06. The van der Waals surface area contributed by atoms with Gasteiger partial charge >= 0.3 is 0 Å². The molecule has 0 radical (unpaired) electrons. The van der Waals surface area contributed by atoms with Gasteiger partial charge in [0.2, 0.25) is 0 Å². The van der Waals surface area contributed by atoms with Crippen LogP contribution in [0.2, 0.25) is 0 Å². The van der Waals surface area contributed by atoms with Gasteiger partial charge in [0, 0.05) is 37.1 Å². The zero-order valence-electron chi connectivity index (χ0n) is 9.39. The van der Waals surface area contributed by atoms with Crippen molar-refractivity contribution in [3.63, 3.8) is 0 Å². The van der Waals surface area contributed by atoms with E-state index in [4.69, 9.17) is 0 Å². The molecule has 15 heavy (non-hydrogen) atoms. The summed E-state index contributed by atoms with van der Waals surface area (Å²) < 4.78 is 0. The van der Waals surface area contributed by atoms with E-state index in [2.05, 4.69) is 28.7 Å². The molecule has 84 valence electrons. The molecule has 0 saturated carbocycles. The van der Waals surface area contributed by atoms with Gasteiger partial charge in [-0.2, -0.15) is 0 Å². The molecule has 3 nitrogen and oxygen atoms in total. The Kier molecular flexibility index (Phi) is 3.44. The molecule has 2 fully saturated rings. The minimum Gasteiger partial charge on any atom is -0.362 e. The van der Waals surface area contributed by atoms with Gasteiger partial charge in [-0.25, -0.2) is 0 Å². The number of hydrogen-bond donors (Lipinski definition) is 2. The molecule has 1 unspecified atom stereocenters. The highest BCUT2D eigenvalue weighted by Crippen LogP contribution is 2.22. The molecule has 0 aliphatic carbocycles. The standard InChI is InChI=1S/C12H21N3/c1-10-4-5-12(11(2)14-10)15-8-3-6-13-7-9-15/h12-14H,1-9H2. The van der Waals surface area contributed by atoms with Crippen LogP contribution in [0, 0.1) is 0 Å². The van der Waals surface area contributed by atoms with Crippen LogP contribution < -0.4 is 10.6 Å². The number of hydrogen-bond acceptors (Lipinski definition) is 3. The van der Waals surface area contributed by atoms with E-state index in [0.29, 0.717) is 6.04 Å². The topological polar surface area (TPSA) is 27.3 Å². The molecule has 3 heteroatoms. The fraction of sp³-hybridized carbons (Fsp3) is 0.667. The van der Waals surface area contributed by atoms with Gasteiger partial charge in [0.15, 0.2) is 0 Å². The highest BCUT2D eigenvalue weighted by molar-refractivity contribution is 5.16. The molecule has 1 atom stereocenters. The summed E-state index contributed by atoms with van der Waals surface area (Å²) in [6.07, 6.45) is 3.49. The summed E-state index contributed by atoms with van der Waals surface area (Å²) >= 11 is 0. The second kappa shape index (κ2) is 4.81. The van der Waals surface area contributed by atoms with Crippen molar-refractivity contribution in [3.8, 4) is 0 Å². The third-order valence-electron chi connectivity index (χ3n) is 3.27. The largest absolute Gasteiger partial charge is 0.362 e. The van der Waals surface area contributed by atoms with Crippen LogP contribution in [0.25, 0.3) is 0 Å². The lowest BCUT2D eigenvalue weighted by atomic mass is 10.0. The summed E-state index contributed by atoms with van der Waals surface area (Å²) in [6, 6.07) is 0.510. The maximum absolute atomic E-state index is 4.12. The summed E-state index contributed by atoms with van der Waals surface area (Å²) in [6.45, 7) is 12.7. The van der Waals surface area contributed by atoms with E-state index in [1.807, 2.05) is 0 Å². The smallest absolute Gasteiger partial charge is 0.0496 e. The molecular weight excluding hydrogens is 186 g/mol. The van der Waals surface area contributed by atoms with Gasteiger partial charge in [0.05, 0.1) is 0 Å². The Morgan fingerprint density at radius 3 is 2.87 bits per heavy atom. The van der Waals surface area contributed by atoms with E-state index in [0.717, 1.165) is 37.4 Å². The second-order valence-electron chi connectivity index (χ2n) is 4.45. The van der Waals surface area contributed by atoms with Crippen LogP contribution in [0.3, 0.4) is 0 Å². The fourth-order valence-electron chi connectivity index (χ4n) is 2.44. The van der Waals surface area contributed by atoms with E-state index < -0.39 is 0 Å². The van der Waals surface area contributed by atoms with E-state index in [1.165, 1.54) is 19.4 Å². The van der Waals surface area contributed by atoms with Crippen molar-refractivity contribution in [1.82, 2.24) is 15.5 Å². The first-order chi connectivity index (χ1) is 7.27. The second-order valence-corrected chi connectivity index (χ2v) is 4.45. The minimum absolute atomic E-state index is 0.510. The van der Waals surface area contributed by atoms with E-state index >= 15 is 0 Å². The maximum atomic E-state index is 4.12. The summed E-state index contributed by atoms with van der Waals surface area (Å²) in [5.74, 6) is 0. The van der Waals surface area contributed by atoms with Crippen molar-refractivity contribution in [2.75, 3.05) is 26.2 Å². The Bertz CT molecular complexity index is 252. The normalized spacial score (nSPS) is 29.7. The van der Waals surface area contributed by atoms with Crippen LogP contribution in [-0.4, -0.2) is 37.1 Å². The van der Waals surface area contributed by atoms with Crippen molar-refractivity contribution < 1.29 is 0 Å². The Morgan fingerprint density at radius 1 is 1.20 bits per heavy atom. The summed E-state index contributed by atoms with van der Waals surface area (Å²) in [7, 11) is 0. The number of nitrogens with zero attached hydrogens (tertiary/aromatic N) is 1. The average Bonchev–Trinajstić information content (AvgIpc) is 2.46. The SMILES string of the molecule is C=C1CCC(N2CCCNCC2)C(=C)N1. The molecule has 2 heterocycles. The molecule has 0 bridgehead atoms. The lowest BCUT2D eigenvalue weighted by molar-refractivity contribution is 0.211. The first-order valence-electron chi connectivity index (χ1n) is 5.86. The molecular formula is C12H21N3. The van der Waals surface area contributed by atoms with Gasteiger partial charge in [0.25, 0.3) is 0 Å². The number of nitrogens with one attached hydrogen (secondary N) is 2. The van der Waals surface area contributed by atoms with Crippen LogP contribution in [0.5, 0.6) is 0 Å². The van der Waals surface area contributed by atoms with Gasteiger partial charge in [-0.05, 0) is 25.8 Å². The predicted molar refractivity (Wildman–Crippen MR) is 63.5 cm³/mol. The molecule has 0 aromatic carbocycles. The summed E-state index contributed by atoms with van der Waals surface area (Å²) in [4.78, 5) is 2.54. The van der Waals surface area contributed by atoms with E-state index in [9.17, 15) is 0 Å². The first-order valence-corrected chi connectivity index (χ1v) is 5.86. The van der Waals surface area contributed by atoms with Crippen LogP contribution >= 0.6 is 0 Å². The lowest BCUT2D eigenvalue weighted by Gasteiger charge is -2.36. The third kappa shape index (κ3) is 2.61. The van der Waals surface area contributed by atoms with Gasteiger partial charge in [-0.1, -0.05) is 13.2 Å². The number of allylic oxidation sites excluding steroid dienone is 1. The Hall–Kier alpha value is -0.800. The van der Waals surface area contributed by atoms with Crippen LogP contribution in [0.4, 0.5) is 0 Å². The molecule has 2 aliphatic rings. The fourth-order valence-corrected chi connectivity index (χ4v) is 2.44. The summed E-state index contributed by atoms with van der Waals surface area (Å²) in [5, 5.41) is 6.73. The minimum atomic E-state index is 0.510. The lowest BCUT2D eigenvalue weighted by Crippen LogP contribution is -2.44. The molecule has 2 N–H and O–H groups in total. The number of rotatable bonds is 1. The Morgan fingerprint density at radius 2 is 2.07 bits per heavy atom. The molecule has 0 aromatic rings. The Labute approximate surface area is 92.2 Å². The molecule has 0 spiro atoms. The van der Waals surface area contributed by atoms with Gasteiger partial charge in [0.1, 0.15) is 0 Å². The summed E-state index contributed by atoms with van der Waals surface area (Å²) in [5.41, 5.74) is 2.25. The number of piperidine rings is 1. The van der Waals surface area contributed by atoms with Crippen LogP contribution in [0.1, 0.15) is 19.3 Å². The molecule has 0 amide bonds. The Balaban J connectivity index is 1.96. The zero-order chi connectivity index (χ0) is 10.7. The van der Waals surface area contributed by atoms with Crippen LogP contribution in [-0.2, 0) is 0 Å². The van der Waals surface area contributed by atoms with Gasteiger partial charge in [-0.3, -0.25) is 4.90 Å². The molecule has 2 aliphatic heterocycles. The zero-order valence-corrected chi connectivity index (χ0v) is 9.39. The quantitative estimate of drug-likeness (QED) is 0.673. The van der Waals surface area contributed by atoms with Crippen molar-refractivity contribution in [1.29, 1.82) is 0 Å². The molecule has 2 saturated heterocycles. The monoisotopic (exact) mass is 207 g/mol. The molecule has 0 aromatic heterocycles. The average molecular weight is 207 g/mol. The van der Waals surface area contributed by atoms with Gasteiger partial charge < -0.3 is 10.6 Å². The van der Waals surface area contributed by atoms with Crippen molar-refractivity contribution in [2.24, 2.45) is 0 Å².